The molecule has 0 atom stereocenters. The summed E-state index contributed by atoms with van der Waals surface area (Å²) in [5.41, 5.74) is -0.171. The Bertz CT molecular complexity index is 544. The summed E-state index contributed by atoms with van der Waals surface area (Å²) in [6.07, 6.45) is 1.36. The van der Waals surface area contributed by atoms with E-state index in [-0.39, 0.29) is 22.5 Å². The summed E-state index contributed by atoms with van der Waals surface area (Å²) in [7, 11) is 0. The number of nitrogens with one attached hydrogen (secondary N) is 1. The van der Waals surface area contributed by atoms with Crippen molar-refractivity contribution in [1.29, 1.82) is 0 Å². The van der Waals surface area contributed by atoms with Crippen LogP contribution in [0.2, 0.25) is 0 Å². The molecule has 1 aromatic rings. The standard InChI is InChI=1S/C13H16N2O4/c1-5-8-6-10(14-13(2,3)4)11(15(18)19)7-9(8)12(16)17/h5-7,14H,1H2,2-4H3,(H,16,17). The number of nitro groups is 1. The lowest BCUT2D eigenvalue weighted by Crippen LogP contribution is -2.26. The number of hydrogen-bond donors (Lipinski definition) is 2. The van der Waals surface area contributed by atoms with Gasteiger partial charge in [0.1, 0.15) is 5.69 Å². The summed E-state index contributed by atoms with van der Waals surface area (Å²) in [5, 5.41) is 23.1. The third-order valence-electron chi connectivity index (χ3n) is 2.32. The Hall–Kier alpha value is -2.37. The predicted octanol–water partition coefficient (Wildman–Crippen LogP) is 3.15. The first-order valence-corrected chi connectivity index (χ1v) is 5.62. The van der Waals surface area contributed by atoms with Gasteiger partial charge in [-0.2, -0.15) is 0 Å². The fourth-order valence-corrected chi connectivity index (χ4v) is 1.61. The maximum absolute atomic E-state index is 11.1. The molecule has 102 valence electrons. The van der Waals surface area contributed by atoms with Gasteiger partial charge in [0.05, 0.1) is 10.5 Å². The lowest BCUT2D eigenvalue weighted by molar-refractivity contribution is -0.384. The van der Waals surface area contributed by atoms with Crippen LogP contribution in [0.5, 0.6) is 0 Å². The van der Waals surface area contributed by atoms with Gasteiger partial charge in [0.2, 0.25) is 0 Å². The van der Waals surface area contributed by atoms with Crippen molar-refractivity contribution in [1.82, 2.24) is 0 Å². The molecule has 19 heavy (non-hydrogen) atoms. The average Bonchev–Trinajstić information content (AvgIpc) is 2.25. The average molecular weight is 264 g/mol. The maximum Gasteiger partial charge on any atom is 0.336 e. The molecule has 1 rings (SSSR count). The number of aromatic carboxylic acids is 1. The summed E-state index contributed by atoms with van der Waals surface area (Å²) in [6.45, 7) is 9.09. The Labute approximate surface area is 110 Å². The molecule has 1 aromatic carbocycles. The number of benzene rings is 1. The minimum absolute atomic E-state index is 0.138. The van der Waals surface area contributed by atoms with Crippen LogP contribution in [0.1, 0.15) is 36.7 Å². The maximum atomic E-state index is 11.1. The molecule has 0 radical (unpaired) electrons. The van der Waals surface area contributed by atoms with Crippen LogP contribution in [-0.2, 0) is 0 Å². The van der Waals surface area contributed by atoms with E-state index in [0.717, 1.165) is 6.07 Å². The largest absolute Gasteiger partial charge is 0.478 e. The van der Waals surface area contributed by atoms with Crippen LogP contribution in [0.3, 0.4) is 0 Å². The topological polar surface area (TPSA) is 92.5 Å². The molecule has 0 heterocycles. The highest BCUT2D eigenvalue weighted by molar-refractivity contribution is 5.94. The number of nitro benzene ring substituents is 1. The third kappa shape index (κ3) is 3.54. The summed E-state index contributed by atoms with van der Waals surface area (Å²) in [6, 6.07) is 2.48. The molecule has 0 aliphatic rings. The van der Waals surface area contributed by atoms with Crippen LogP contribution in [0.25, 0.3) is 6.08 Å². The SMILES string of the molecule is C=Cc1cc(NC(C)(C)C)c([N+](=O)[O-])cc1C(=O)O. The molecule has 2 N–H and O–H groups in total. The Kier molecular flexibility index (Phi) is 3.94. The van der Waals surface area contributed by atoms with E-state index in [9.17, 15) is 14.9 Å². The van der Waals surface area contributed by atoms with Crippen molar-refractivity contribution in [3.05, 3.63) is 40.0 Å². The first-order chi connectivity index (χ1) is 8.65. The van der Waals surface area contributed by atoms with Gasteiger partial charge >= 0.3 is 5.97 Å². The molecule has 0 aromatic heterocycles. The number of carboxylic acids is 1. The van der Waals surface area contributed by atoms with Gasteiger partial charge in [0.25, 0.3) is 5.69 Å². The number of nitrogens with zero attached hydrogens (tertiary/aromatic N) is 1. The Morgan fingerprint density at radius 2 is 2.05 bits per heavy atom. The second-order valence-electron chi connectivity index (χ2n) is 5.10. The summed E-state index contributed by atoms with van der Waals surface area (Å²) >= 11 is 0. The number of anilines is 1. The van der Waals surface area contributed by atoms with Gasteiger partial charge in [0, 0.05) is 11.6 Å². The number of carboxylic acid groups (broad SMARTS) is 1. The van der Waals surface area contributed by atoms with Gasteiger partial charge in [0.15, 0.2) is 0 Å². The van der Waals surface area contributed by atoms with E-state index >= 15 is 0 Å². The zero-order chi connectivity index (χ0) is 14.8. The number of carbonyl (C=O) groups is 1. The molecule has 0 bridgehead atoms. The van der Waals surface area contributed by atoms with Crippen molar-refractivity contribution in [2.75, 3.05) is 5.32 Å². The highest BCUT2D eigenvalue weighted by Gasteiger charge is 2.23. The molecule has 0 aliphatic heterocycles. The molecule has 0 aliphatic carbocycles. The third-order valence-corrected chi connectivity index (χ3v) is 2.32. The van der Waals surface area contributed by atoms with E-state index in [2.05, 4.69) is 11.9 Å². The quantitative estimate of drug-likeness (QED) is 0.643. The molecule has 0 saturated heterocycles. The van der Waals surface area contributed by atoms with Crippen LogP contribution >= 0.6 is 0 Å². The van der Waals surface area contributed by atoms with Crippen molar-refractivity contribution in [2.24, 2.45) is 0 Å². The fourth-order valence-electron chi connectivity index (χ4n) is 1.61. The van der Waals surface area contributed by atoms with Gasteiger partial charge in [-0.25, -0.2) is 4.79 Å². The van der Waals surface area contributed by atoms with Gasteiger partial charge < -0.3 is 10.4 Å². The molecule has 6 heteroatoms. The Morgan fingerprint density at radius 3 is 2.42 bits per heavy atom. The van der Waals surface area contributed by atoms with E-state index in [1.165, 1.54) is 12.1 Å². The van der Waals surface area contributed by atoms with Crippen molar-refractivity contribution in [3.8, 4) is 0 Å². The highest BCUT2D eigenvalue weighted by Crippen LogP contribution is 2.31. The Morgan fingerprint density at radius 1 is 1.47 bits per heavy atom. The molecule has 6 nitrogen and oxygen atoms in total. The molecular weight excluding hydrogens is 248 g/mol. The highest BCUT2D eigenvalue weighted by atomic mass is 16.6. The molecule has 0 spiro atoms. The van der Waals surface area contributed by atoms with E-state index in [1.54, 1.807) is 0 Å². The second-order valence-corrected chi connectivity index (χ2v) is 5.10. The van der Waals surface area contributed by atoms with Crippen LogP contribution in [0.15, 0.2) is 18.7 Å². The lowest BCUT2D eigenvalue weighted by Gasteiger charge is -2.22. The van der Waals surface area contributed by atoms with Crippen molar-refractivity contribution >= 4 is 23.4 Å². The lowest BCUT2D eigenvalue weighted by atomic mass is 10.0. The first-order valence-electron chi connectivity index (χ1n) is 5.62. The molecule has 0 fully saturated rings. The first kappa shape index (κ1) is 14.7. The molecular formula is C13H16N2O4. The zero-order valence-corrected chi connectivity index (χ0v) is 11.1. The van der Waals surface area contributed by atoms with Crippen LogP contribution in [0, 0.1) is 10.1 Å². The van der Waals surface area contributed by atoms with E-state index < -0.39 is 10.9 Å². The van der Waals surface area contributed by atoms with E-state index in [0.29, 0.717) is 5.56 Å². The molecule has 0 unspecified atom stereocenters. The van der Waals surface area contributed by atoms with Gasteiger partial charge in [-0.05, 0) is 32.4 Å². The van der Waals surface area contributed by atoms with Crippen LogP contribution in [-0.4, -0.2) is 21.5 Å². The minimum Gasteiger partial charge on any atom is -0.478 e. The van der Waals surface area contributed by atoms with Gasteiger partial charge in [-0.3, -0.25) is 10.1 Å². The Balaban J connectivity index is 3.49. The van der Waals surface area contributed by atoms with Crippen LogP contribution < -0.4 is 5.32 Å². The molecule has 0 saturated carbocycles. The monoisotopic (exact) mass is 264 g/mol. The minimum atomic E-state index is -1.22. The van der Waals surface area contributed by atoms with E-state index in [1.807, 2.05) is 20.8 Å². The summed E-state index contributed by atoms with van der Waals surface area (Å²) < 4.78 is 0. The van der Waals surface area contributed by atoms with Crippen molar-refractivity contribution in [2.45, 2.75) is 26.3 Å². The zero-order valence-electron chi connectivity index (χ0n) is 11.1. The molecule has 0 amide bonds. The normalized spacial score (nSPS) is 10.9. The van der Waals surface area contributed by atoms with Gasteiger partial charge in [-0.15, -0.1) is 0 Å². The second kappa shape index (κ2) is 5.09. The van der Waals surface area contributed by atoms with Crippen molar-refractivity contribution < 1.29 is 14.8 Å². The number of rotatable bonds is 4. The summed E-state index contributed by atoms with van der Waals surface area (Å²) in [4.78, 5) is 21.5. The van der Waals surface area contributed by atoms with Gasteiger partial charge in [-0.1, -0.05) is 12.7 Å². The fraction of sp³-hybridized carbons (Fsp3) is 0.308. The van der Waals surface area contributed by atoms with Crippen molar-refractivity contribution in [3.63, 3.8) is 0 Å². The summed E-state index contributed by atoms with van der Waals surface area (Å²) in [5.74, 6) is -1.22. The van der Waals surface area contributed by atoms with Crippen LogP contribution in [0.4, 0.5) is 11.4 Å². The smallest absolute Gasteiger partial charge is 0.336 e. The van der Waals surface area contributed by atoms with E-state index in [4.69, 9.17) is 5.11 Å². The number of hydrogen-bond acceptors (Lipinski definition) is 4. The predicted molar refractivity (Wildman–Crippen MR) is 73.5 cm³/mol.